The molecule has 2 aromatic carbocycles. The molecule has 146 valence electrons. The molecule has 1 aliphatic heterocycles. The summed E-state index contributed by atoms with van der Waals surface area (Å²) < 4.78 is 0. The molecule has 0 aromatic heterocycles. The summed E-state index contributed by atoms with van der Waals surface area (Å²) in [7, 11) is 1.61. The van der Waals surface area contributed by atoms with E-state index in [0.717, 1.165) is 44.7 Å². The first-order chi connectivity index (χ1) is 13.7. The summed E-state index contributed by atoms with van der Waals surface area (Å²) in [6.45, 7) is 4.34. The number of benzene rings is 2. The molecule has 5 nitrogen and oxygen atoms in total. The molecule has 1 saturated heterocycles. The third kappa shape index (κ3) is 5.54. The van der Waals surface area contributed by atoms with Gasteiger partial charge >= 0.3 is 0 Å². The minimum atomic E-state index is -0.115. The second-order valence-electron chi connectivity index (χ2n) is 6.98. The summed E-state index contributed by atoms with van der Waals surface area (Å²) in [5, 5.41) is 2.60. The number of nitrogens with zero attached hydrogens (tertiary/aromatic N) is 2. The molecule has 0 unspecified atom stereocenters. The molecular weight excluding hydrogens is 350 g/mol. The highest BCUT2D eigenvalue weighted by Gasteiger charge is 2.17. The lowest BCUT2D eigenvalue weighted by atomic mass is 10.1. The van der Waals surface area contributed by atoms with E-state index in [4.69, 9.17) is 0 Å². The van der Waals surface area contributed by atoms with Gasteiger partial charge in [0.25, 0.3) is 5.91 Å². The van der Waals surface area contributed by atoms with E-state index in [-0.39, 0.29) is 11.8 Å². The topological polar surface area (TPSA) is 52.7 Å². The molecule has 5 heteroatoms. The van der Waals surface area contributed by atoms with Crippen LogP contribution in [0.25, 0.3) is 6.08 Å². The molecule has 1 N–H and O–H groups in total. The highest BCUT2D eigenvalue weighted by atomic mass is 16.2. The molecule has 1 heterocycles. The van der Waals surface area contributed by atoms with Gasteiger partial charge in [0.05, 0.1) is 0 Å². The third-order valence-corrected chi connectivity index (χ3v) is 4.97. The molecule has 0 radical (unpaired) electrons. The Morgan fingerprint density at radius 1 is 0.964 bits per heavy atom. The van der Waals surface area contributed by atoms with E-state index >= 15 is 0 Å². The van der Waals surface area contributed by atoms with Crippen molar-refractivity contribution in [1.82, 2.24) is 15.1 Å². The van der Waals surface area contributed by atoms with Crippen LogP contribution < -0.4 is 5.32 Å². The lowest BCUT2D eigenvalue weighted by Crippen LogP contribution is -2.34. The number of hydrogen-bond acceptors (Lipinski definition) is 3. The van der Waals surface area contributed by atoms with Crippen molar-refractivity contribution in [3.05, 3.63) is 77.4 Å². The van der Waals surface area contributed by atoms with Crippen LogP contribution in [-0.2, 0) is 11.3 Å². The quantitative estimate of drug-likeness (QED) is 0.816. The molecule has 1 aliphatic rings. The molecule has 28 heavy (non-hydrogen) atoms. The minimum Gasteiger partial charge on any atom is -0.355 e. The maximum Gasteiger partial charge on any atom is 0.251 e. The maximum atomic E-state index is 12.6. The highest BCUT2D eigenvalue weighted by molar-refractivity contribution is 5.94. The lowest BCUT2D eigenvalue weighted by Gasteiger charge is -2.21. The van der Waals surface area contributed by atoms with Crippen LogP contribution in [0.1, 0.15) is 27.9 Å². The molecule has 2 aromatic rings. The largest absolute Gasteiger partial charge is 0.355 e. The minimum absolute atomic E-state index is 0.0388. The standard InChI is InChI=1S/C23H27N3O2/c1-24-23(28)21-11-8-19(9-12-21)10-13-22(27)26-15-5-14-25(16-17-26)18-20-6-3-2-4-7-20/h2-4,6-13H,5,14-18H2,1H3,(H,24,28)/b13-10+. The molecule has 0 saturated carbocycles. The summed E-state index contributed by atoms with van der Waals surface area (Å²) in [5.41, 5.74) is 2.82. The lowest BCUT2D eigenvalue weighted by molar-refractivity contribution is -0.125. The van der Waals surface area contributed by atoms with E-state index in [1.807, 2.05) is 29.2 Å². The maximum absolute atomic E-state index is 12.6. The molecular formula is C23H27N3O2. The van der Waals surface area contributed by atoms with Crippen molar-refractivity contribution >= 4 is 17.9 Å². The predicted octanol–water partition coefficient (Wildman–Crippen LogP) is 2.79. The Labute approximate surface area is 166 Å². The zero-order valence-electron chi connectivity index (χ0n) is 16.3. The summed E-state index contributed by atoms with van der Waals surface area (Å²) in [5.74, 6) is -0.0758. The van der Waals surface area contributed by atoms with E-state index in [9.17, 15) is 9.59 Å². The normalized spacial score (nSPS) is 15.4. The third-order valence-electron chi connectivity index (χ3n) is 4.97. The Hall–Kier alpha value is -2.92. The van der Waals surface area contributed by atoms with Crippen molar-refractivity contribution in [3.63, 3.8) is 0 Å². The summed E-state index contributed by atoms with van der Waals surface area (Å²) in [4.78, 5) is 28.5. The fraction of sp³-hybridized carbons (Fsp3) is 0.304. The second-order valence-corrected chi connectivity index (χ2v) is 6.98. The Morgan fingerprint density at radius 3 is 2.43 bits per heavy atom. The Kier molecular flexibility index (Phi) is 6.98. The van der Waals surface area contributed by atoms with Gasteiger partial charge in [-0.2, -0.15) is 0 Å². The number of carbonyl (C=O) groups excluding carboxylic acids is 2. The van der Waals surface area contributed by atoms with Crippen LogP contribution in [-0.4, -0.2) is 54.8 Å². The SMILES string of the molecule is CNC(=O)c1ccc(/C=C/C(=O)N2CCCN(Cc3ccccc3)CC2)cc1. The van der Waals surface area contributed by atoms with Crippen LogP contribution in [0.3, 0.4) is 0 Å². The van der Waals surface area contributed by atoms with Crippen molar-refractivity contribution in [2.75, 3.05) is 33.2 Å². The van der Waals surface area contributed by atoms with Gasteiger partial charge in [-0.1, -0.05) is 42.5 Å². The summed E-state index contributed by atoms with van der Waals surface area (Å²) in [6.07, 6.45) is 4.41. The molecule has 1 fully saturated rings. The van der Waals surface area contributed by atoms with Gasteiger partial charge in [-0.25, -0.2) is 0 Å². The van der Waals surface area contributed by atoms with Gasteiger partial charge in [0, 0.05) is 51.4 Å². The second kappa shape index (κ2) is 9.85. The van der Waals surface area contributed by atoms with Crippen LogP contribution >= 0.6 is 0 Å². The molecule has 2 amide bonds. The predicted molar refractivity (Wildman–Crippen MR) is 112 cm³/mol. The van der Waals surface area contributed by atoms with Gasteiger partial charge in [-0.05, 0) is 35.8 Å². The van der Waals surface area contributed by atoms with Gasteiger partial charge in [0.2, 0.25) is 5.91 Å². The average Bonchev–Trinajstić information content (AvgIpc) is 2.98. The van der Waals surface area contributed by atoms with Crippen molar-refractivity contribution < 1.29 is 9.59 Å². The summed E-state index contributed by atoms with van der Waals surface area (Å²) >= 11 is 0. The molecule has 0 atom stereocenters. The van der Waals surface area contributed by atoms with Gasteiger partial charge in [-0.3, -0.25) is 14.5 Å². The Morgan fingerprint density at radius 2 is 1.71 bits per heavy atom. The van der Waals surface area contributed by atoms with Crippen molar-refractivity contribution in [2.24, 2.45) is 0 Å². The van der Waals surface area contributed by atoms with Crippen LogP contribution in [0.15, 0.2) is 60.7 Å². The smallest absolute Gasteiger partial charge is 0.251 e. The first kappa shape index (κ1) is 19.8. The van der Waals surface area contributed by atoms with Gasteiger partial charge in [0.1, 0.15) is 0 Å². The molecule has 3 rings (SSSR count). The van der Waals surface area contributed by atoms with Crippen molar-refractivity contribution in [3.8, 4) is 0 Å². The number of amides is 2. The van der Waals surface area contributed by atoms with Crippen LogP contribution in [0.5, 0.6) is 0 Å². The van der Waals surface area contributed by atoms with E-state index in [1.54, 1.807) is 25.3 Å². The molecule has 0 bridgehead atoms. The van der Waals surface area contributed by atoms with Crippen LogP contribution in [0.2, 0.25) is 0 Å². The Balaban J connectivity index is 1.53. The zero-order chi connectivity index (χ0) is 19.8. The number of carbonyl (C=O) groups is 2. The van der Waals surface area contributed by atoms with Crippen molar-refractivity contribution in [2.45, 2.75) is 13.0 Å². The fourth-order valence-corrected chi connectivity index (χ4v) is 3.35. The first-order valence-electron chi connectivity index (χ1n) is 9.71. The Bertz CT molecular complexity index is 816. The fourth-order valence-electron chi connectivity index (χ4n) is 3.35. The zero-order valence-corrected chi connectivity index (χ0v) is 16.3. The van der Waals surface area contributed by atoms with Crippen molar-refractivity contribution in [1.29, 1.82) is 0 Å². The van der Waals surface area contributed by atoms with E-state index in [1.165, 1.54) is 5.56 Å². The van der Waals surface area contributed by atoms with Gasteiger partial charge in [0.15, 0.2) is 0 Å². The van der Waals surface area contributed by atoms with Crippen LogP contribution in [0, 0.1) is 0 Å². The monoisotopic (exact) mass is 377 g/mol. The van der Waals surface area contributed by atoms with E-state index in [2.05, 4.69) is 34.5 Å². The number of rotatable bonds is 5. The average molecular weight is 377 g/mol. The number of nitrogens with one attached hydrogen (secondary N) is 1. The van der Waals surface area contributed by atoms with E-state index < -0.39 is 0 Å². The molecule has 0 aliphatic carbocycles. The van der Waals surface area contributed by atoms with Crippen LogP contribution in [0.4, 0.5) is 0 Å². The highest BCUT2D eigenvalue weighted by Crippen LogP contribution is 2.11. The molecule has 0 spiro atoms. The summed E-state index contributed by atoms with van der Waals surface area (Å²) in [6, 6.07) is 17.7. The van der Waals surface area contributed by atoms with Gasteiger partial charge in [-0.15, -0.1) is 0 Å². The first-order valence-corrected chi connectivity index (χ1v) is 9.71. The van der Waals surface area contributed by atoms with E-state index in [0.29, 0.717) is 5.56 Å². The number of hydrogen-bond donors (Lipinski definition) is 1. The van der Waals surface area contributed by atoms with Gasteiger partial charge < -0.3 is 10.2 Å².